The van der Waals surface area contributed by atoms with E-state index >= 15 is 0 Å². The number of thioether (sulfide) groups is 2. The lowest BCUT2D eigenvalue weighted by Crippen LogP contribution is -2.30. The predicted octanol–water partition coefficient (Wildman–Crippen LogP) is 3.18. The monoisotopic (exact) mass is 510 g/mol. The Labute approximate surface area is 211 Å². The zero-order valence-corrected chi connectivity index (χ0v) is 22.4. The summed E-state index contributed by atoms with van der Waals surface area (Å²) in [6.45, 7) is 2.73. The molecule has 0 aromatic carbocycles. The number of hydrogen-bond acceptors (Lipinski definition) is 8. The molecule has 0 fully saturated rings. The van der Waals surface area contributed by atoms with Crippen LogP contribution in [0.2, 0.25) is 0 Å². The van der Waals surface area contributed by atoms with Crippen molar-refractivity contribution < 1.29 is 18.4 Å². The maximum absolute atomic E-state index is 11.9. The van der Waals surface area contributed by atoms with Gasteiger partial charge in [-0.05, 0) is 52.5 Å². The van der Waals surface area contributed by atoms with Gasteiger partial charge >= 0.3 is 0 Å². The predicted molar refractivity (Wildman–Crippen MR) is 140 cm³/mol. The first-order chi connectivity index (χ1) is 16.3. The molecular formula is C24H38N4O4S2. The molecule has 0 unspecified atom stereocenters. The lowest BCUT2D eigenvalue weighted by molar-refractivity contribution is -0.126. The van der Waals surface area contributed by atoms with Gasteiger partial charge in [-0.15, -0.1) is 0 Å². The van der Waals surface area contributed by atoms with Gasteiger partial charge in [0.05, 0.1) is 24.6 Å². The second-order valence-electron chi connectivity index (χ2n) is 8.52. The SMILES string of the molecule is CN(C)Cc1ccc(CSCCNC(=O)CCC(=O)NCCSCc2ccc(CN(C)C)o2)o1. The van der Waals surface area contributed by atoms with Gasteiger partial charge in [0.15, 0.2) is 0 Å². The van der Waals surface area contributed by atoms with Gasteiger partial charge in [0, 0.05) is 37.4 Å². The van der Waals surface area contributed by atoms with E-state index in [1.165, 1.54) is 0 Å². The maximum Gasteiger partial charge on any atom is 0.220 e. The van der Waals surface area contributed by atoms with Crippen LogP contribution in [0.1, 0.15) is 35.9 Å². The third kappa shape index (κ3) is 12.5. The molecule has 0 aliphatic rings. The van der Waals surface area contributed by atoms with E-state index in [2.05, 4.69) is 20.4 Å². The molecule has 10 heteroatoms. The average Bonchev–Trinajstić information content (AvgIpc) is 3.40. The standard InChI is InChI=1S/C24H38N4O4S2/c1-27(2)15-19-5-7-21(31-19)17-33-13-11-25-23(29)9-10-24(30)26-12-14-34-18-22-8-6-20(32-22)16-28(3)4/h5-8H,9-18H2,1-4H3,(H,25,29)(H,26,30). The first-order valence-electron chi connectivity index (χ1n) is 11.5. The summed E-state index contributed by atoms with van der Waals surface area (Å²) in [6, 6.07) is 8.01. The van der Waals surface area contributed by atoms with E-state index in [0.29, 0.717) is 13.1 Å². The van der Waals surface area contributed by atoms with Crippen LogP contribution in [0.5, 0.6) is 0 Å². The number of amides is 2. The minimum absolute atomic E-state index is 0.0947. The quantitative estimate of drug-likeness (QED) is 0.314. The van der Waals surface area contributed by atoms with Crippen LogP contribution in [0.4, 0.5) is 0 Å². The van der Waals surface area contributed by atoms with Gasteiger partial charge in [0.25, 0.3) is 0 Å². The summed E-state index contributed by atoms with van der Waals surface area (Å²) < 4.78 is 11.5. The Kier molecular flexibility index (Phi) is 13.3. The van der Waals surface area contributed by atoms with Gasteiger partial charge in [-0.1, -0.05) is 0 Å². The van der Waals surface area contributed by atoms with Crippen LogP contribution in [0.15, 0.2) is 33.1 Å². The smallest absolute Gasteiger partial charge is 0.220 e. The Morgan fingerprint density at radius 1 is 0.706 bits per heavy atom. The lowest BCUT2D eigenvalue weighted by atomic mass is 10.3. The fourth-order valence-electron chi connectivity index (χ4n) is 3.07. The summed E-state index contributed by atoms with van der Waals surface area (Å²) in [5.74, 6) is 6.76. The normalized spacial score (nSPS) is 11.4. The van der Waals surface area contributed by atoms with Crippen LogP contribution in [-0.4, -0.2) is 74.4 Å². The van der Waals surface area contributed by atoms with Crippen LogP contribution in [0.3, 0.4) is 0 Å². The molecule has 2 N–H and O–H groups in total. The highest BCUT2D eigenvalue weighted by atomic mass is 32.2. The Hall–Kier alpha value is -1.88. The molecule has 0 spiro atoms. The van der Waals surface area contributed by atoms with Crippen molar-refractivity contribution in [1.82, 2.24) is 20.4 Å². The van der Waals surface area contributed by atoms with E-state index in [1.54, 1.807) is 23.5 Å². The minimum atomic E-state index is -0.0947. The largest absolute Gasteiger partial charge is 0.464 e. The number of carbonyl (C=O) groups is 2. The van der Waals surface area contributed by atoms with Gasteiger partial charge in [-0.3, -0.25) is 9.59 Å². The Morgan fingerprint density at radius 2 is 1.09 bits per heavy atom. The topological polar surface area (TPSA) is 91.0 Å². The molecule has 2 rings (SSSR count). The maximum atomic E-state index is 11.9. The van der Waals surface area contributed by atoms with E-state index in [0.717, 1.165) is 59.1 Å². The molecule has 0 atom stereocenters. The van der Waals surface area contributed by atoms with E-state index in [1.807, 2.05) is 52.5 Å². The third-order valence-electron chi connectivity index (χ3n) is 4.58. The molecule has 0 radical (unpaired) electrons. The van der Waals surface area contributed by atoms with Crippen molar-refractivity contribution in [3.8, 4) is 0 Å². The van der Waals surface area contributed by atoms with Crippen molar-refractivity contribution in [2.24, 2.45) is 0 Å². The highest BCUT2D eigenvalue weighted by molar-refractivity contribution is 7.98. The van der Waals surface area contributed by atoms with Crippen LogP contribution in [0.25, 0.3) is 0 Å². The van der Waals surface area contributed by atoms with Crippen molar-refractivity contribution >= 4 is 35.3 Å². The molecule has 2 aromatic rings. The summed E-state index contributed by atoms with van der Waals surface area (Å²) in [5, 5.41) is 5.74. The fraction of sp³-hybridized carbons (Fsp3) is 0.583. The zero-order chi connectivity index (χ0) is 24.8. The summed E-state index contributed by atoms with van der Waals surface area (Å²) >= 11 is 3.42. The van der Waals surface area contributed by atoms with Crippen LogP contribution >= 0.6 is 23.5 Å². The van der Waals surface area contributed by atoms with E-state index in [4.69, 9.17) is 8.83 Å². The molecule has 190 valence electrons. The Bertz CT molecular complexity index is 797. The van der Waals surface area contributed by atoms with Crippen LogP contribution in [0, 0.1) is 0 Å². The fourth-order valence-corrected chi connectivity index (χ4v) is 4.56. The first-order valence-corrected chi connectivity index (χ1v) is 13.8. The number of rotatable bonds is 17. The van der Waals surface area contributed by atoms with Gasteiger partial charge in [-0.2, -0.15) is 23.5 Å². The molecule has 0 bridgehead atoms. The number of nitrogens with one attached hydrogen (secondary N) is 2. The van der Waals surface area contributed by atoms with Crippen molar-refractivity contribution in [2.75, 3.05) is 52.8 Å². The molecule has 0 saturated heterocycles. The third-order valence-corrected chi connectivity index (χ3v) is 6.55. The molecule has 2 amide bonds. The molecular weight excluding hydrogens is 472 g/mol. The Morgan fingerprint density at radius 3 is 1.47 bits per heavy atom. The van der Waals surface area contributed by atoms with Gasteiger partial charge in [-0.25, -0.2) is 0 Å². The van der Waals surface area contributed by atoms with Crippen LogP contribution in [-0.2, 0) is 34.2 Å². The van der Waals surface area contributed by atoms with E-state index in [9.17, 15) is 9.59 Å². The van der Waals surface area contributed by atoms with Gasteiger partial charge in [0.1, 0.15) is 23.0 Å². The summed E-state index contributed by atoms with van der Waals surface area (Å²) in [6.07, 6.45) is 0.410. The number of nitrogens with zero attached hydrogens (tertiary/aromatic N) is 2. The van der Waals surface area contributed by atoms with Gasteiger partial charge < -0.3 is 29.3 Å². The van der Waals surface area contributed by atoms with Crippen molar-refractivity contribution in [2.45, 2.75) is 37.4 Å². The molecule has 0 aliphatic heterocycles. The van der Waals surface area contributed by atoms with Gasteiger partial charge in [0.2, 0.25) is 11.8 Å². The van der Waals surface area contributed by atoms with Crippen molar-refractivity contribution in [3.63, 3.8) is 0 Å². The van der Waals surface area contributed by atoms with Crippen molar-refractivity contribution in [1.29, 1.82) is 0 Å². The molecule has 2 heterocycles. The number of furan rings is 2. The summed E-state index contributed by atoms with van der Waals surface area (Å²) in [4.78, 5) is 28.0. The molecule has 34 heavy (non-hydrogen) atoms. The average molecular weight is 511 g/mol. The molecule has 8 nitrogen and oxygen atoms in total. The minimum Gasteiger partial charge on any atom is -0.464 e. The number of carbonyl (C=O) groups excluding carboxylic acids is 2. The second kappa shape index (κ2) is 15.9. The lowest BCUT2D eigenvalue weighted by Gasteiger charge is -2.07. The first kappa shape index (κ1) is 28.4. The Balaban J connectivity index is 1.44. The van der Waals surface area contributed by atoms with E-state index < -0.39 is 0 Å². The van der Waals surface area contributed by atoms with Crippen molar-refractivity contribution in [3.05, 3.63) is 47.3 Å². The molecule has 0 aliphatic carbocycles. The zero-order valence-electron chi connectivity index (χ0n) is 20.7. The highest BCUT2D eigenvalue weighted by Crippen LogP contribution is 2.17. The second-order valence-corrected chi connectivity index (χ2v) is 10.7. The number of hydrogen-bond donors (Lipinski definition) is 2. The summed E-state index contributed by atoms with van der Waals surface area (Å²) in [5.41, 5.74) is 0. The molecule has 0 saturated carbocycles. The van der Waals surface area contributed by atoms with Crippen LogP contribution < -0.4 is 10.6 Å². The van der Waals surface area contributed by atoms with E-state index in [-0.39, 0.29) is 24.7 Å². The highest BCUT2D eigenvalue weighted by Gasteiger charge is 2.08. The molecule has 2 aromatic heterocycles. The summed E-state index contributed by atoms with van der Waals surface area (Å²) in [7, 11) is 8.03.